The number of aromatic nitrogens is 4. The maximum atomic E-state index is 12.5. The zero-order valence-electron chi connectivity index (χ0n) is 20.9. The van der Waals surface area contributed by atoms with Crippen LogP contribution in [0.2, 0.25) is 5.02 Å². The van der Waals surface area contributed by atoms with Crippen molar-refractivity contribution in [3.63, 3.8) is 0 Å². The van der Waals surface area contributed by atoms with Crippen LogP contribution in [0.4, 0.5) is 23.3 Å². The first-order chi connectivity index (χ1) is 16.5. The third-order valence-corrected chi connectivity index (χ3v) is 6.61. The van der Waals surface area contributed by atoms with Gasteiger partial charge in [-0.25, -0.2) is 4.98 Å². The second kappa shape index (κ2) is 9.83. The molecule has 1 amide bonds. The van der Waals surface area contributed by atoms with Crippen molar-refractivity contribution in [2.75, 3.05) is 23.7 Å². The Morgan fingerprint density at radius 2 is 1.86 bits per heavy atom. The average Bonchev–Trinajstić information content (AvgIpc) is 3.22. The van der Waals surface area contributed by atoms with Crippen LogP contribution in [0.3, 0.4) is 0 Å². The van der Waals surface area contributed by atoms with E-state index in [1.165, 1.54) is 11.1 Å². The molecule has 0 atom stereocenters. The van der Waals surface area contributed by atoms with Gasteiger partial charge in [0.1, 0.15) is 5.02 Å². The van der Waals surface area contributed by atoms with Crippen LogP contribution in [-0.2, 0) is 4.79 Å². The summed E-state index contributed by atoms with van der Waals surface area (Å²) in [6.45, 7) is 11.1. The number of halogens is 1. The van der Waals surface area contributed by atoms with E-state index in [9.17, 15) is 4.79 Å². The van der Waals surface area contributed by atoms with Crippen molar-refractivity contribution in [3.8, 4) is 0 Å². The fourth-order valence-electron chi connectivity index (χ4n) is 4.45. The number of hydrogen-bond donors (Lipinski definition) is 4. The van der Waals surface area contributed by atoms with E-state index in [1.807, 2.05) is 17.9 Å². The molecule has 0 bridgehead atoms. The van der Waals surface area contributed by atoms with Gasteiger partial charge in [0, 0.05) is 30.5 Å². The van der Waals surface area contributed by atoms with E-state index in [1.54, 1.807) is 20.0 Å². The van der Waals surface area contributed by atoms with Gasteiger partial charge in [-0.05, 0) is 76.1 Å². The summed E-state index contributed by atoms with van der Waals surface area (Å²) in [6, 6.07) is 6.23. The molecule has 2 aromatic heterocycles. The first-order valence-corrected chi connectivity index (χ1v) is 12.2. The molecule has 9 nitrogen and oxygen atoms in total. The summed E-state index contributed by atoms with van der Waals surface area (Å²) in [7, 11) is 0. The van der Waals surface area contributed by atoms with Crippen molar-refractivity contribution in [2.24, 2.45) is 5.73 Å². The molecule has 3 aromatic rings. The third-order valence-electron chi connectivity index (χ3n) is 6.33. The van der Waals surface area contributed by atoms with Gasteiger partial charge in [-0.15, -0.1) is 0 Å². The normalized spacial score (nSPS) is 14.8. The minimum absolute atomic E-state index is 0.0163. The van der Waals surface area contributed by atoms with Gasteiger partial charge in [0.25, 0.3) is 0 Å². The number of aromatic amines is 1. The summed E-state index contributed by atoms with van der Waals surface area (Å²) in [4.78, 5) is 23.3. The van der Waals surface area contributed by atoms with Gasteiger partial charge in [-0.2, -0.15) is 10.1 Å². The molecule has 1 saturated heterocycles. The number of anilines is 4. The number of carbonyl (C=O) groups is 1. The molecule has 3 heterocycles. The number of rotatable bonds is 6. The molecule has 1 aliphatic heterocycles. The van der Waals surface area contributed by atoms with Gasteiger partial charge in [0.15, 0.2) is 11.6 Å². The lowest BCUT2D eigenvalue weighted by atomic mass is 9.85. The number of H-pyrrole nitrogens is 1. The first kappa shape index (κ1) is 24.9. The fourth-order valence-corrected chi connectivity index (χ4v) is 4.59. The number of nitrogens with one attached hydrogen (secondary N) is 3. The number of aryl methyl sites for hydroxylation is 3. The highest BCUT2D eigenvalue weighted by Crippen LogP contribution is 2.34. The average molecular weight is 497 g/mol. The zero-order chi connectivity index (χ0) is 25.3. The summed E-state index contributed by atoms with van der Waals surface area (Å²) in [5.74, 6) is 1.97. The summed E-state index contributed by atoms with van der Waals surface area (Å²) in [6.07, 6.45) is 3.42. The number of carbonyl (C=O) groups excluding carboxylic acids is 1. The minimum Gasteiger partial charge on any atom is -0.341 e. The number of benzene rings is 1. The Bertz CT molecular complexity index is 1220. The van der Waals surface area contributed by atoms with Gasteiger partial charge < -0.3 is 21.3 Å². The highest BCUT2D eigenvalue weighted by atomic mass is 35.5. The molecule has 186 valence electrons. The molecule has 0 radical (unpaired) electrons. The predicted molar refractivity (Wildman–Crippen MR) is 140 cm³/mol. The molecule has 10 heteroatoms. The fraction of sp³-hybridized carbons (Fsp3) is 0.440. The highest BCUT2D eigenvalue weighted by Gasteiger charge is 2.31. The van der Waals surface area contributed by atoms with E-state index in [0.29, 0.717) is 28.5 Å². The number of likely N-dealkylation sites (tertiary alicyclic amines) is 1. The molecule has 35 heavy (non-hydrogen) atoms. The quantitative estimate of drug-likeness (QED) is 0.389. The van der Waals surface area contributed by atoms with Gasteiger partial charge in [-0.3, -0.25) is 9.89 Å². The SMILES string of the molecule is Cc1cc(Nc2nc(Nc3cc(C)c(C4CCN(C(=O)C(C)(C)N)CC4)cc3C)ncc2Cl)n[nH]1. The van der Waals surface area contributed by atoms with E-state index in [4.69, 9.17) is 17.3 Å². The molecular weight excluding hydrogens is 464 g/mol. The second-order valence-electron chi connectivity index (χ2n) is 9.89. The van der Waals surface area contributed by atoms with Crippen molar-refractivity contribution in [1.29, 1.82) is 0 Å². The van der Waals surface area contributed by atoms with Crippen molar-refractivity contribution in [1.82, 2.24) is 25.1 Å². The van der Waals surface area contributed by atoms with Crippen LogP contribution in [-0.4, -0.2) is 49.6 Å². The molecule has 1 aliphatic rings. The van der Waals surface area contributed by atoms with E-state index in [0.717, 1.165) is 42.9 Å². The van der Waals surface area contributed by atoms with Gasteiger partial charge in [0.2, 0.25) is 11.9 Å². The Balaban J connectivity index is 1.47. The standard InChI is InChI=1S/C25H33ClN8O/c1-14-11-20(29-24-28-13-19(26)22(31-24)30-21-12-16(3)32-33-21)15(2)10-18(14)17-6-8-34(9-7-17)23(35)25(4,5)27/h10-13,17H,6-9,27H2,1-5H3,(H3,28,29,30,31,32,33). The monoisotopic (exact) mass is 496 g/mol. The van der Waals surface area contributed by atoms with Crippen molar-refractivity contribution in [3.05, 3.63) is 51.8 Å². The summed E-state index contributed by atoms with van der Waals surface area (Å²) in [5.41, 5.74) is 10.7. The van der Waals surface area contributed by atoms with E-state index >= 15 is 0 Å². The lowest BCUT2D eigenvalue weighted by molar-refractivity contribution is -0.136. The molecule has 0 spiro atoms. The van der Waals surface area contributed by atoms with Gasteiger partial charge in [0.05, 0.1) is 11.7 Å². The van der Waals surface area contributed by atoms with Crippen LogP contribution in [0, 0.1) is 20.8 Å². The highest BCUT2D eigenvalue weighted by molar-refractivity contribution is 6.32. The molecular formula is C25H33ClN8O. The van der Waals surface area contributed by atoms with E-state index < -0.39 is 5.54 Å². The van der Waals surface area contributed by atoms with E-state index in [2.05, 4.69) is 56.8 Å². The van der Waals surface area contributed by atoms with Crippen LogP contribution >= 0.6 is 11.6 Å². The molecule has 0 aliphatic carbocycles. The summed E-state index contributed by atoms with van der Waals surface area (Å²) < 4.78 is 0. The van der Waals surface area contributed by atoms with Crippen LogP contribution in [0.25, 0.3) is 0 Å². The topological polar surface area (TPSA) is 125 Å². The van der Waals surface area contributed by atoms with Crippen molar-refractivity contribution in [2.45, 2.75) is 58.9 Å². The second-order valence-corrected chi connectivity index (χ2v) is 10.3. The number of amides is 1. The van der Waals surface area contributed by atoms with Crippen molar-refractivity contribution >= 4 is 40.8 Å². The number of piperidine rings is 1. The summed E-state index contributed by atoms with van der Waals surface area (Å²) >= 11 is 6.29. The Kier molecular flexibility index (Phi) is 7.00. The van der Waals surface area contributed by atoms with Crippen LogP contribution < -0.4 is 16.4 Å². The lowest BCUT2D eigenvalue weighted by Crippen LogP contribution is -2.53. The molecule has 1 aromatic carbocycles. The van der Waals surface area contributed by atoms with Crippen LogP contribution in [0.5, 0.6) is 0 Å². The Hall–Kier alpha value is -3.17. The van der Waals surface area contributed by atoms with Crippen molar-refractivity contribution < 1.29 is 4.79 Å². The largest absolute Gasteiger partial charge is 0.341 e. The number of hydrogen-bond acceptors (Lipinski definition) is 7. The maximum Gasteiger partial charge on any atom is 0.242 e. The maximum absolute atomic E-state index is 12.5. The first-order valence-electron chi connectivity index (χ1n) is 11.8. The van der Waals surface area contributed by atoms with Gasteiger partial charge >= 0.3 is 0 Å². The zero-order valence-corrected chi connectivity index (χ0v) is 21.6. The minimum atomic E-state index is -0.830. The predicted octanol–water partition coefficient (Wildman–Crippen LogP) is 4.71. The molecule has 0 saturated carbocycles. The molecule has 5 N–H and O–H groups in total. The number of nitrogens with two attached hydrogens (primary N) is 1. The molecule has 1 fully saturated rings. The Labute approximate surface area is 210 Å². The third kappa shape index (κ3) is 5.74. The summed E-state index contributed by atoms with van der Waals surface area (Å²) in [5, 5.41) is 13.9. The molecule has 0 unspecified atom stereocenters. The van der Waals surface area contributed by atoms with E-state index in [-0.39, 0.29) is 5.91 Å². The smallest absolute Gasteiger partial charge is 0.242 e. The van der Waals surface area contributed by atoms with Gasteiger partial charge in [-0.1, -0.05) is 17.7 Å². The Morgan fingerprint density at radius 1 is 1.14 bits per heavy atom. The Morgan fingerprint density at radius 3 is 2.49 bits per heavy atom. The lowest BCUT2D eigenvalue weighted by Gasteiger charge is -2.36. The van der Waals surface area contributed by atoms with Crippen LogP contribution in [0.1, 0.15) is 55.0 Å². The molecule has 4 rings (SSSR count). The van der Waals surface area contributed by atoms with Crippen LogP contribution in [0.15, 0.2) is 24.4 Å². The number of nitrogens with zero attached hydrogens (tertiary/aromatic N) is 4.